The van der Waals surface area contributed by atoms with Crippen LogP contribution >= 0.6 is 0 Å². The van der Waals surface area contributed by atoms with E-state index in [2.05, 4.69) is 19.2 Å². The summed E-state index contributed by atoms with van der Waals surface area (Å²) in [4.78, 5) is 38.7. The fourth-order valence-corrected chi connectivity index (χ4v) is 4.03. The molecule has 1 N–H and O–H groups in total. The molecular weight excluding hydrogens is 380 g/mol. The number of carbonyl (C=O) groups is 2. The molecule has 6 nitrogen and oxygen atoms in total. The second-order valence-corrected chi connectivity index (χ2v) is 8.07. The monoisotopic (exact) mass is 404 g/mol. The normalized spacial score (nSPS) is 16.5. The average Bonchev–Trinajstić information content (AvgIpc) is 2.95. The first-order valence-corrected chi connectivity index (χ1v) is 10.1. The number of fused-ring (bicyclic) bond motifs is 1. The predicted molar refractivity (Wildman–Crippen MR) is 114 cm³/mol. The molecule has 4 rings (SSSR count). The van der Waals surface area contributed by atoms with E-state index in [0.717, 1.165) is 22.1 Å². The lowest BCUT2D eigenvalue weighted by Gasteiger charge is -2.16. The number of hydrogen-bond acceptors (Lipinski definition) is 4. The zero-order chi connectivity index (χ0) is 21.4. The van der Waals surface area contributed by atoms with Crippen LogP contribution in [-0.4, -0.2) is 22.9 Å². The standard InChI is InChI=1S/C24H24N2O4/c1-14(2)18-12-19-17(11-22(27)30-21(19)9-15(18)3)13-26-23(28)20(25-24(26)29)10-16-7-5-4-6-8-16/h4-9,11-12,14,20H,10,13H2,1-3H3,(H,25,29)/t20-/m0/s1. The van der Waals surface area contributed by atoms with Gasteiger partial charge in [0.1, 0.15) is 11.6 Å². The van der Waals surface area contributed by atoms with E-state index in [-0.39, 0.29) is 12.5 Å². The Morgan fingerprint density at radius 3 is 2.50 bits per heavy atom. The van der Waals surface area contributed by atoms with Crippen molar-refractivity contribution in [2.24, 2.45) is 0 Å². The highest BCUT2D eigenvalue weighted by Crippen LogP contribution is 2.28. The Bertz CT molecular complexity index is 1180. The summed E-state index contributed by atoms with van der Waals surface area (Å²) in [6, 6.07) is 13.7. The Kier molecular flexibility index (Phi) is 5.16. The lowest BCUT2D eigenvalue weighted by Crippen LogP contribution is -2.32. The van der Waals surface area contributed by atoms with Crippen LogP contribution in [0.3, 0.4) is 0 Å². The summed E-state index contributed by atoms with van der Waals surface area (Å²) in [5.41, 5.74) is 3.72. The highest BCUT2D eigenvalue weighted by Gasteiger charge is 2.38. The number of aryl methyl sites for hydroxylation is 1. The number of carbonyl (C=O) groups excluding carboxylic acids is 2. The molecule has 3 amide bonds. The van der Waals surface area contributed by atoms with E-state index in [0.29, 0.717) is 23.5 Å². The smallest absolute Gasteiger partial charge is 0.336 e. The summed E-state index contributed by atoms with van der Waals surface area (Å²) in [6.45, 7) is 6.20. The molecule has 30 heavy (non-hydrogen) atoms. The molecule has 0 aliphatic carbocycles. The van der Waals surface area contributed by atoms with Gasteiger partial charge in [0.25, 0.3) is 5.91 Å². The summed E-state index contributed by atoms with van der Waals surface area (Å²) >= 11 is 0. The Morgan fingerprint density at radius 2 is 1.80 bits per heavy atom. The molecule has 154 valence electrons. The minimum absolute atomic E-state index is 0.0264. The van der Waals surface area contributed by atoms with Crippen LogP contribution in [0.1, 0.15) is 42.0 Å². The van der Waals surface area contributed by atoms with Crippen LogP contribution in [0.2, 0.25) is 0 Å². The molecule has 0 bridgehead atoms. The maximum Gasteiger partial charge on any atom is 0.336 e. The van der Waals surface area contributed by atoms with Crippen molar-refractivity contribution in [3.05, 3.63) is 81.2 Å². The first kappa shape index (κ1) is 19.9. The van der Waals surface area contributed by atoms with Crippen molar-refractivity contribution in [2.75, 3.05) is 0 Å². The molecule has 0 unspecified atom stereocenters. The molecule has 6 heteroatoms. The topological polar surface area (TPSA) is 79.6 Å². The number of nitrogens with one attached hydrogen (secondary N) is 1. The Morgan fingerprint density at radius 1 is 1.07 bits per heavy atom. The van der Waals surface area contributed by atoms with Crippen molar-refractivity contribution in [3.8, 4) is 0 Å². The molecule has 1 aromatic heterocycles. The number of benzene rings is 2. The van der Waals surface area contributed by atoms with Gasteiger partial charge in [-0.25, -0.2) is 9.59 Å². The van der Waals surface area contributed by atoms with Crippen LogP contribution in [0.5, 0.6) is 0 Å². The van der Waals surface area contributed by atoms with Gasteiger partial charge in [-0.3, -0.25) is 9.69 Å². The van der Waals surface area contributed by atoms with Crippen molar-refractivity contribution in [2.45, 2.75) is 45.7 Å². The van der Waals surface area contributed by atoms with Crippen LogP contribution in [0.4, 0.5) is 4.79 Å². The zero-order valence-electron chi connectivity index (χ0n) is 17.3. The molecule has 1 fully saturated rings. The van der Waals surface area contributed by atoms with Crippen LogP contribution in [0.25, 0.3) is 11.0 Å². The summed E-state index contributed by atoms with van der Waals surface area (Å²) in [7, 11) is 0. The Balaban J connectivity index is 1.66. The first-order valence-electron chi connectivity index (χ1n) is 10.1. The van der Waals surface area contributed by atoms with Gasteiger partial charge in [-0.1, -0.05) is 44.2 Å². The quantitative estimate of drug-likeness (QED) is 0.517. The summed E-state index contributed by atoms with van der Waals surface area (Å²) in [6.07, 6.45) is 0.427. The van der Waals surface area contributed by atoms with Crippen molar-refractivity contribution < 1.29 is 14.0 Å². The van der Waals surface area contributed by atoms with E-state index in [9.17, 15) is 14.4 Å². The van der Waals surface area contributed by atoms with Crippen LogP contribution < -0.4 is 10.9 Å². The van der Waals surface area contributed by atoms with E-state index in [4.69, 9.17) is 4.42 Å². The number of urea groups is 1. The van der Waals surface area contributed by atoms with E-state index in [1.54, 1.807) is 0 Å². The molecule has 0 radical (unpaired) electrons. The molecule has 1 aliphatic rings. The van der Waals surface area contributed by atoms with Gasteiger partial charge >= 0.3 is 11.7 Å². The van der Waals surface area contributed by atoms with Crippen LogP contribution in [-0.2, 0) is 17.8 Å². The lowest BCUT2D eigenvalue weighted by atomic mass is 9.95. The molecule has 0 spiro atoms. The van der Waals surface area contributed by atoms with Crippen molar-refractivity contribution in [3.63, 3.8) is 0 Å². The maximum absolute atomic E-state index is 12.9. The number of imide groups is 1. The van der Waals surface area contributed by atoms with Gasteiger partial charge in [0.05, 0.1) is 6.54 Å². The first-order chi connectivity index (χ1) is 14.3. The molecule has 1 saturated heterocycles. The molecular formula is C24H24N2O4. The Hall–Kier alpha value is -3.41. The third-order valence-corrected chi connectivity index (χ3v) is 5.56. The zero-order valence-corrected chi connectivity index (χ0v) is 17.3. The highest BCUT2D eigenvalue weighted by molar-refractivity contribution is 6.04. The third kappa shape index (κ3) is 3.73. The summed E-state index contributed by atoms with van der Waals surface area (Å²) in [5.74, 6) is 0.00240. The highest BCUT2D eigenvalue weighted by atomic mass is 16.4. The van der Waals surface area contributed by atoms with Gasteiger partial charge in [0.2, 0.25) is 0 Å². The molecule has 0 saturated carbocycles. The molecule has 2 aromatic carbocycles. The minimum Gasteiger partial charge on any atom is -0.423 e. The number of hydrogen-bond donors (Lipinski definition) is 1. The van der Waals surface area contributed by atoms with Crippen LogP contribution in [0, 0.1) is 6.92 Å². The number of rotatable bonds is 5. The fraction of sp³-hybridized carbons (Fsp3) is 0.292. The fourth-order valence-electron chi connectivity index (χ4n) is 4.03. The van der Waals surface area contributed by atoms with Gasteiger partial charge in [-0.15, -0.1) is 0 Å². The van der Waals surface area contributed by atoms with E-state index < -0.39 is 17.7 Å². The SMILES string of the molecule is Cc1cc2oc(=O)cc(CN3C(=O)N[C@@H](Cc4ccccc4)C3=O)c2cc1C(C)C. The minimum atomic E-state index is -0.611. The number of amides is 3. The van der Waals surface area contributed by atoms with Gasteiger partial charge in [0, 0.05) is 17.9 Å². The van der Waals surface area contributed by atoms with E-state index in [1.165, 1.54) is 11.0 Å². The van der Waals surface area contributed by atoms with Gasteiger partial charge in [-0.2, -0.15) is 0 Å². The molecule has 1 aliphatic heterocycles. The van der Waals surface area contributed by atoms with Crippen molar-refractivity contribution in [1.82, 2.24) is 10.2 Å². The van der Waals surface area contributed by atoms with Crippen LogP contribution in [0.15, 0.2) is 57.7 Å². The van der Waals surface area contributed by atoms with Gasteiger partial charge in [0.15, 0.2) is 0 Å². The Labute approximate surface area is 174 Å². The summed E-state index contributed by atoms with van der Waals surface area (Å²) in [5, 5.41) is 3.51. The van der Waals surface area contributed by atoms with Crippen molar-refractivity contribution >= 4 is 22.9 Å². The second kappa shape index (κ2) is 7.78. The van der Waals surface area contributed by atoms with Gasteiger partial charge in [-0.05, 0) is 47.2 Å². The predicted octanol–water partition coefficient (Wildman–Crippen LogP) is 3.89. The molecule has 3 aromatic rings. The number of nitrogens with zero attached hydrogens (tertiary/aromatic N) is 1. The lowest BCUT2D eigenvalue weighted by molar-refractivity contribution is -0.127. The molecule has 2 heterocycles. The maximum atomic E-state index is 12.9. The van der Waals surface area contributed by atoms with E-state index in [1.807, 2.05) is 49.4 Å². The molecule has 1 atom stereocenters. The van der Waals surface area contributed by atoms with Crippen molar-refractivity contribution in [1.29, 1.82) is 0 Å². The van der Waals surface area contributed by atoms with Gasteiger partial charge < -0.3 is 9.73 Å². The second-order valence-electron chi connectivity index (χ2n) is 8.07. The average molecular weight is 404 g/mol. The third-order valence-electron chi connectivity index (χ3n) is 5.56. The largest absolute Gasteiger partial charge is 0.423 e. The summed E-state index contributed by atoms with van der Waals surface area (Å²) < 4.78 is 5.38. The van der Waals surface area contributed by atoms with E-state index >= 15 is 0 Å².